The predicted octanol–water partition coefficient (Wildman–Crippen LogP) is 4.59. The molecule has 0 unspecified atom stereocenters. The highest BCUT2D eigenvalue weighted by Crippen LogP contribution is 2.29. The van der Waals surface area contributed by atoms with E-state index in [0.717, 1.165) is 5.69 Å². The lowest BCUT2D eigenvalue weighted by Crippen LogP contribution is -2.20. The van der Waals surface area contributed by atoms with E-state index in [1.807, 2.05) is 24.3 Å². The topological polar surface area (TPSA) is 75.9 Å². The Bertz CT molecular complexity index is 653. The summed E-state index contributed by atoms with van der Waals surface area (Å²) < 4.78 is 0. The summed E-state index contributed by atoms with van der Waals surface area (Å²) in [4.78, 5) is 8.55. The SMILES string of the molecule is Nc1c(Nc2cccc(Cl)c2)ncnc1NC1CCCCCC1. The molecule has 1 aromatic heterocycles. The van der Waals surface area contributed by atoms with Crippen molar-refractivity contribution in [3.63, 3.8) is 0 Å². The van der Waals surface area contributed by atoms with Crippen molar-refractivity contribution in [1.82, 2.24) is 9.97 Å². The summed E-state index contributed by atoms with van der Waals surface area (Å²) in [6.07, 6.45) is 9.02. The molecule has 5 nitrogen and oxygen atoms in total. The van der Waals surface area contributed by atoms with Gasteiger partial charge in [0.25, 0.3) is 0 Å². The van der Waals surface area contributed by atoms with Crippen LogP contribution in [0, 0.1) is 0 Å². The van der Waals surface area contributed by atoms with Crippen molar-refractivity contribution in [3.8, 4) is 0 Å². The molecule has 0 spiro atoms. The molecule has 2 aromatic rings. The number of hydrogen-bond acceptors (Lipinski definition) is 5. The first kappa shape index (κ1) is 15.9. The third-order valence-corrected chi connectivity index (χ3v) is 4.40. The molecule has 6 heteroatoms. The van der Waals surface area contributed by atoms with Crippen LogP contribution in [-0.4, -0.2) is 16.0 Å². The second kappa shape index (κ2) is 7.51. The minimum atomic E-state index is 0.439. The number of nitrogens with one attached hydrogen (secondary N) is 2. The molecular formula is C17H22ClN5. The van der Waals surface area contributed by atoms with Crippen LogP contribution in [0.1, 0.15) is 38.5 Å². The molecule has 1 heterocycles. The molecule has 1 aromatic carbocycles. The summed E-state index contributed by atoms with van der Waals surface area (Å²) >= 11 is 6.01. The maximum atomic E-state index is 6.24. The van der Waals surface area contributed by atoms with Crippen LogP contribution in [0.4, 0.5) is 23.0 Å². The Labute approximate surface area is 141 Å². The lowest BCUT2D eigenvalue weighted by atomic mass is 10.1. The van der Waals surface area contributed by atoms with Crippen molar-refractivity contribution >= 4 is 34.6 Å². The van der Waals surface area contributed by atoms with Crippen LogP contribution in [0.5, 0.6) is 0 Å². The van der Waals surface area contributed by atoms with E-state index in [4.69, 9.17) is 17.3 Å². The number of aromatic nitrogens is 2. The third-order valence-electron chi connectivity index (χ3n) is 4.17. The Kier molecular flexibility index (Phi) is 5.18. The summed E-state index contributed by atoms with van der Waals surface area (Å²) in [6.45, 7) is 0. The first-order valence-corrected chi connectivity index (χ1v) is 8.50. The monoisotopic (exact) mass is 331 g/mol. The molecule has 1 saturated carbocycles. The normalized spacial score (nSPS) is 15.9. The number of nitrogen functional groups attached to an aromatic ring is 1. The van der Waals surface area contributed by atoms with E-state index in [9.17, 15) is 0 Å². The highest BCUT2D eigenvalue weighted by Gasteiger charge is 2.15. The van der Waals surface area contributed by atoms with Gasteiger partial charge in [-0.25, -0.2) is 9.97 Å². The van der Waals surface area contributed by atoms with Crippen LogP contribution >= 0.6 is 11.6 Å². The maximum Gasteiger partial charge on any atom is 0.159 e. The first-order valence-electron chi connectivity index (χ1n) is 8.12. The van der Waals surface area contributed by atoms with Gasteiger partial charge in [0, 0.05) is 16.8 Å². The van der Waals surface area contributed by atoms with Crippen molar-refractivity contribution in [1.29, 1.82) is 0 Å². The van der Waals surface area contributed by atoms with Gasteiger partial charge in [0.1, 0.15) is 12.0 Å². The van der Waals surface area contributed by atoms with E-state index in [2.05, 4.69) is 20.6 Å². The lowest BCUT2D eigenvalue weighted by Gasteiger charge is -2.19. The Morgan fingerprint density at radius 3 is 2.52 bits per heavy atom. The van der Waals surface area contributed by atoms with Crippen LogP contribution < -0.4 is 16.4 Å². The average molecular weight is 332 g/mol. The summed E-state index contributed by atoms with van der Waals surface area (Å²) in [5.41, 5.74) is 7.63. The van der Waals surface area contributed by atoms with Gasteiger partial charge in [-0.15, -0.1) is 0 Å². The van der Waals surface area contributed by atoms with E-state index in [-0.39, 0.29) is 0 Å². The van der Waals surface area contributed by atoms with Gasteiger partial charge in [-0.05, 0) is 31.0 Å². The van der Waals surface area contributed by atoms with Gasteiger partial charge in [-0.1, -0.05) is 43.4 Å². The molecule has 1 fully saturated rings. The zero-order chi connectivity index (χ0) is 16.1. The fourth-order valence-electron chi connectivity index (χ4n) is 2.93. The van der Waals surface area contributed by atoms with E-state index in [0.29, 0.717) is 28.4 Å². The second-order valence-corrected chi connectivity index (χ2v) is 6.39. The van der Waals surface area contributed by atoms with Crippen molar-refractivity contribution < 1.29 is 0 Å². The van der Waals surface area contributed by atoms with Crippen LogP contribution in [0.3, 0.4) is 0 Å². The van der Waals surface area contributed by atoms with Crippen molar-refractivity contribution in [3.05, 3.63) is 35.6 Å². The van der Waals surface area contributed by atoms with Gasteiger partial charge in [-0.3, -0.25) is 0 Å². The number of nitrogens with zero attached hydrogens (tertiary/aromatic N) is 2. The average Bonchev–Trinajstić information content (AvgIpc) is 2.80. The van der Waals surface area contributed by atoms with Crippen molar-refractivity contribution in [2.24, 2.45) is 0 Å². The van der Waals surface area contributed by atoms with Gasteiger partial charge in [0.05, 0.1) is 0 Å². The van der Waals surface area contributed by atoms with Crippen LogP contribution in [-0.2, 0) is 0 Å². The zero-order valence-corrected chi connectivity index (χ0v) is 13.8. The van der Waals surface area contributed by atoms with Crippen molar-refractivity contribution in [2.75, 3.05) is 16.4 Å². The molecule has 0 bridgehead atoms. The Balaban J connectivity index is 1.75. The van der Waals surface area contributed by atoms with E-state index in [1.165, 1.54) is 44.9 Å². The van der Waals surface area contributed by atoms with Gasteiger partial charge in [-0.2, -0.15) is 0 Å². The van der Waals surface area contributed by atoms with E-state index >= 15 is 0 Å². The summed E-state index contributed by atoms with van der Waals surface area (Å²) in [5, 5.41) is 7.35. The van der Waals surface area contributed by atoms with Crippen LogP contribution in [0.25, 0.3) is 0 Å². The highest BCUT2D eigenvalue weighted by atomic mass is 35.5. The number of benzene rings is 1. The predicted molar refractivity (Wildman–Crippen MR) is 96.3 cm³/mol. The molecular weight excluding hydrogens is 310 g/mol. The number of nitrogens with two attached hydrogens (primary N) is 1. The molecule has 23 heavy (non-hydrogen) atoms. The smallest absolute Gasteiger partial charge is 0.159 e. The minimum Gasteiger partial charge on any atom is -0.393 e. The van der Waals surface area contributed by atoms with Crippen LogP contribution in [0.2, 0.25) is 5.02 Å². The van der Waals surface area contributed by atoms with Gasteiger partial charge >= 0.3 is 0 Å². The van der Waals surface area contributed by atoms with Gasteiger partial charge in [0.15, 0.2) is 11.6 Å². The largest absolute Gasteiger partial charge is 0.393 e. The third kappa shape index (κ3) is 4.26. The molecule has 1 aliphatic rings. The summed E-state index contributed by atoms with van der Waals surface area (Å²) in [6, 6.07) is 7.91. The second-order valence-electron chi connectivity index (χ2n) is 5.95. The fraction of sp³-hybridized carbons (Fsp3) is 0.412. The molecule has 4 N–H and O–H groups in total. The molecule has 0 aliphatic heterocycles. The molecule has 1 aliphatic carbocycles. The van der Waals surface area contributed by atoms with Gasteiger partial charge in [0.2, 0.25) is 0 Å². The van der Waals surface area contributed by atoms with Crippen LogP contribution in [0.15, 0.2) is 30.6 Å². The molecule has 0 radical (unpaired) electrons. The Morgan fingerprint density at radius 1 is 1.04 bits per heavy atom. The summed E-state index contributed by atoms with van der Waals surface area (Å²) in [7, 11) is 0. The van der Waals surface area contributed by atoms with E-state index < -0.39 is 0 Å². The number of rotatable bonds is 4. The zero-order valence-electron chi connectivity index (χ0n) is 13.1. The Morgan fingerprint density at radius 2 is 1.78 bits per heavy atom. The summed E-state index contributed by atoms with van der Waals surface area (Å²) in [5.74, 6) is 1.30. The number of hydrogen-bond donors (Lipinski definition) is 3. The highest BCUT2D eigenvalue weighted by molar-refractivity contribution is 6.30. The number of anilines is 4. The molecule has 122 valence electrons. The molecule has 3 rings (SSSR count). The molecule has 0 amide bonds. The Hall–Kier alpha value is -2.01. The molecule has 0 atom stereocenters. The fourth-order valence-corrected chi connectivity index (χ4v) is 3.12. The van der Waals surface area contributed by atoms with E-state index in [1.54, 1.807) is 0 Å². The standard InChI is InChI=1S/C17H22ClN5/c18-12-6-5-9-14(10-12)23-17-15(19)16(20-11-21-17)22-13-7-3-1-2-4-8-13/h5-6,9-11,13H,1-4,7-8,19H2,(H2,20,21,22,23). The van der Waals surface area contributed by atoms with Crippen molar-refractivity contribution in [2.45, 2.75) is 44.6 Å². The lowest BCUT2D eigenvalue weighted by molar-refractivity contribution is 0.618. The number of halogens is 1. The minimum absolute atomic E-state index is 0.439. The first-order chi connectivity index (χ1) is 11.2. The molecule has 0 saturated heterocycles. The van der Waals surface area contributed by atoms with Gasteiger partial charge < -0.3 is 16.4 Å². The quantitative estimate of drug-likeness (QED) is 0.714. The maximum absolute atomic E-state index is 6.24.